The van der Waals surface area contributed by atoms with E-state index in [-0.39, 0.29) is 44.6 Å². The molecule has 0 bridgehead atoms. The van der Waals surface area contributed by atoms with Gasteiger partial charge in [-0.05, 0) is 0 Å². The molecule has 6 nitrogen and oxygen atoms in total. The highest BCUT2D eigenvalue weighted by atomic mass is 16.8. The van der Waals surface area contributed by atoms with Gasteiger partial charge in [-0.2, -0.15) is 0 Å². The van der Waals surface area contributed by atoms with E-state index in [9.17, 15) is 0 Å². The summed E-state index contributed by atoms with van der Waals surface area (Å²) < 4.78 is 26.7. The SMILES string of the molecule is OC[C@H]1O[C@@H]2OCO[C@@H]2[C@H]2OCO[C@H]21. The van der Waals surface area contributed by atoms with Crippen LogP contribution in [0.2, 0.25) is 0 Å². The molecule has 5 atom stereocenters. The lowest BCUT2D eigenvalue weighted by atomic mass is 9.99. The fourth-order valence-electron chi connectivity index (χ4n) is 2.11. The van der Waals surface area contributed by atoms with E-state index in [1.165, 1.54) is 0 Å². The second-order valence-corrected chi connectivity index (χ2v) is 3.52. The van der Waals surface area contributed by atoms with Crippen molar-refractivity contribution in [3.63, 3.8) is 0 Å². The van der Waals surface area contributed by atoms with Crippen LogP contribution in [-0.4, -0.2) is 56.0 Å². The minimum atomic E-state index is -0.435. The Balaban J connectivity index is 1.82. The van der Waals surface area contributed by atoms with Gasteiger partial charge in [0.1, 0.15) is 31.2 Å². The maximum Gasteiger partial charge on any atom is 0.189 e. The van der Waals surface area contributed by atoms with Crippen LogP contribution in [0.1, 0.15) is 0 Å². The average Bonchev–Trinajstić information content (AvgIpc) is 2.83. The number of aliphatic hydroxyl groups is 1. The fourth-order valence-corrected chi connectivity index (χ4v) is 2.11. The Bertz CT molecular complexity index is 222. The molecular formula is C8H12O6. The number of fused-ring (bicyclic) bond motifs is 3. The van der Waals surface area contributed by atoms with Crippen LogP contribution in [0.5, 0.6) is 0 Å². The normalized spacial score (nSPS) is 51.6. The molecule has 0 aromatic rings. The fraction of sp³-hybridized carbons (Fsp3) is 1.00. The summed E-state index contributed by atoms with van der Waals surface area (Å²) in [4.78, 5) is 0. The Labute approximate surface area is 80.6 Å². The van der Waals surface area contributed by atoms with E-state index < -0.39 is 6.29 Å². The minimum Gasteiger partial charge on any atom is -0.394 e. The number of ether oxygens (including phenoxy) is 5. The Hall–Kier alpha value is -0.240. The van der Waals surface area contributed by atoms with Crippen LogP contribution < -0.4 is 0 Å². The van der Waals surface area contributed by atoms with Crippen LogP contribution in [0.25, 0.3) is 0 Å². The molecule has 3 saturated heterocycles. The van der Waals surface area contributed by atoms with Crippen LogP contribution in [0.15, 0.2) is 0 Å². The molecule has 0 aliphatic carbocycles. The summed E-state index contributed by atoms with van der Waals surface area (Å²) in [5.41, 5.74) is 0. The standard InChI is InChI=1S/C8H12O6/c9-1-4-5-6(11-2-10-5)7-8(14-4)13-3-12-7/h4-9H,1-3H2/t4-,5+,6+,7-,8+/m1/s1. The molecule has 0 unspecified atom stereocenters. The van der Waals surface area contributed by atoms with E-state index in [2.05, 4.69) is 0 Å². The minimum absolute atomic E-state index is 0.100. The summed E-state index contributed by atoms with van der Waals surface area (Å²) in [5.74, 6) is 0. The topological polar surface area (TPSA) is 66.4 Å². The van der Waals surface area contributed by atoms with Crippen molar-refractivity contribution in [2.24, 2.45) is 0 Å². The summed E-state index contributed by atoms with van der Waals surface area (Å²) >= 11 is 0. The smallest absolute Gasteiger partial charge is 0.189 e. The molecule has 0 saturated carbocycles. The van der Waals surface area contributed by atoms with E-state index in [1.54, 1.807) is 0 Å². The van der Waals surface area contributed by atoms with Crippen LogP contribution >= 0.6 is 0 Å². The van der Waals surface area contributed by atoms with Crippen molar-refractivity contribution in [3.8, 4) is 0 Å². The Morgan fingerprint density at radius 2 is 1.64 bits per heavy atom. The highest BCUT2D eigenvalue weighted by Crippen LogP contribution is 2.34. The Kier molecular flexibility index (Phi) is 2.19. The van der Waals surface area contributed by atoms with Gasteiger partial charge in [0.15, 0.2) is 13.1 Å². The quantitative estimate of drug-likeness (QED) is 0.580. The zero-order valence-electron chi connectivity index (χ0n) is 7.50. The molecule has 14 heavy (non-hydrogen) atoms. The molecule has 3 heterocycles. The zero-order chi connectivity index (χ0) is 9.54. The predicted molar refractivity (Wildman–Crippen MR) is 41.2 cm³/mol. The average molecular weight is 204 g/mol. The van der Waals surface area contributed by atoms with Gasteiger partial charge in [-0.3, -0.25) is 0 Å². The molecule has 0 radical (unpaired) electrons. The molecule has 3 rings (SSSR count). The molecule has 0 amide bonds. The van der Waals surface area contributed by atoms with Crippen molar-refractivity contribution >= 4 is 0 Å². The molecule has 3 fully saturated rings. The molecule has 3 aliphatic rings. The molecular weight excluding hydrogens is 192 g/mol. The summed E-state index contributed by atoms with van der Waals surface area (Å²) in [7, 11) is 0. The van der Waals surface area contributed by atoms with Crippen molar-refractivity contribution < 1.29 is 28.8 Å². The van der Waals surface area contributed by atoms with Gasteiger partial charge in [-0.1, -0.05) is 0 Å². The van der Waals surface area contributed by atoms with Crippen molar-refractivity contribution in [2.75, 3.05) is 20.2 Å². The van der Waals surface area contributed by atoms with Crippen molar-refractivity contribution in [2.45, 2.75) is 30.7 Å². The first-order chi connectivity index (χ1) is 6.90. The Morgan fingerprint density at radius 3 is 2.50 bits per heavy atom. The number of rotatable bonds is 1. The van der Waals surface area contributed by atoms with E-state index in [4.69, 9.17) is 28.8 Å². The third-order valence-corrected chi connectivity index (χ3v) is 2.78. The molecule has 0 spiro atoms. The lowest BCUT2D eigenvalue weighted by Crippen LogP contribution is -2.56. The van der Waals surface area contributed by atoms with Crippen LogP contribution in [0.4, 0.5) is 0 Å². The first-order valence-electron chi connectivity index (χ1n) is 4.63. The predicted octanol–water partition coefficient (Wildman–Crippen LogP) is -1.18. The zero-order valence-corrected chi connectivity index (χ0v) is 7.50. The first kappa shape index (κ1) is 9.02. The van der Waals surface area contributed by atoms with Gasteiger partial charge in [-0.25, -0.2) is 0 Å². The van der Waals surface area contributed by atoms with Crippen molar-refractivity contribution in [3.05, 3.63) is 0 Å². The van der Waals surface area contributed by atoms with E-state index >= 15 is 0 Å². The van der Waals surface area contributed by atoms with Gasteiger partial charge in [-0.15, -0.1) is 0 Å². The Morgan fingerprint density at radius 1 is 0.929 bits per heavy atom. The molecule has 0 aromatic carbocycles. The van der Waals surface area contributed by atoms with Crippen molar-refractivity contribution in [1.82, 2.24) is 0 Å². The van der Waals surface area contributed by atoms with E-state index in [1.807, 2.05) is 0 Å². The first-order valence-corrected chi connectivity index (χ1v) is 4.63. The summed E-state index contributed by atoms with van der Waals surface area (Å²) in [5, 5.41) is 9.10. The summed E-state index contributed by atoms with van der Waals surface area (Å²) in [6.45, 7) is 0.332. The summed E-state index contributed by atoms with van der Waals surface area (Å²) in [6, 6.07) is 0. The third kappa shape index (κ3) is 1.19. The lowest BCUT2D eigenvalue weighted by molar-refractivity contribution is -0.226. The molecule has 0 aromatic heterocycles. The van der Waals surface area contributed by atoms with E-state index in [0.29, 0.717) is 0 Å². The molecule has 80 valence electrons. The maximum absolute atomic E-state index is 9.10. The second kappa shape index (κ2) is 3.41. The van der Waals surface area contributed by atoms with Gasteiger partial charge in [0, 0.05) is 0 Å². The molecule has 6 heteroatoms. The number of aliphatic hydroxyl groups excluding tert-OH is 1. The van der Waals surface area contributed by atoms with Gasteiger partial charge in [0.2, 0.25) is 0 Å². The molecule has 3 aliphatic heterocycles. The van der Waals surface area contributed by atoms with E-state index in [0.717, 1.165) is 0 Å². The van der Waals surface area contributed by atoms with Gasteiger partial charge in [0.05, 0.1) is 6.61 Å². The third-order valence-electron chi connectivity index (χ3n) is 2.78. The summed E-state index contributed by atoms with van der Waals surface area (Å²) in [6.07, 6.45) is -1.48. The molecule has 1 N–H and O–H groups in total. The second-order valence-electron chi connectivity index (χ2n) is 3.52. The highest BCUT2D eigenvalue weighted by molar-refractivity contribution is 4.95. The van der Waals surface area contributed by atoms with Gasteiger partial charge < -0.3 is 28.8 Å². The number of hydrogen-bond acceptors (Lipinski definition) is 6. The van der Waals surface area contributed by atoms with Gasteiger partial charge in [0.25, 0.3) is 0 Å². The van der Waals surface area contributed by atoms with Crippen LogP contribution in [0.3, 0.4) is 0 Å². The van der Waals surface area contributed by atoms with Crippen molar-refractivity contribution in [1.29, 1.82) is 0 Å². The van der Waals surface area contributed by atoms with Gasteiger partial charge >= 0.3 is 0 Å². The highest BCUT2D eigenvalue weighted by Gasteiger charge is 2.53. The lowest BCUT2D eigenvalue weighted by Gasteiger charge is -2.36. The monoisotopic (exact) mass is 204 g/mol. The number of hydrogen-bond donors (Lipinski definition) is 1. The van der Waals surface area contributed by atoms with Crippen LogP contribution in [-0.2, 0) is 23.7 Å². The largest absolute Gasteiger partial charge is 0.394 e. The maximum atomic E-state index is 9.10. The van der Waals surface area contributed by atoms with Crippen LogP contribution in [0, 0.1) is 0 Å².